The molecule has 3 aromatic rings. The van der Waals surface area contributed by atoms with E-state index in [1.165, 1.54) is 0 Å². The maximum Gasteiger partial charge on any atom is 0.325 e. The number of nitrogens with one attached hydrogen (secondary N) is 1. The number of hydrogen-bond donors (Lipinski definition) is 1. The zero-order valence-corrected chi connectivity index (χ0v) is 17.8. The minimum atomic E-state index is -1.17. The van der Waals surface area contributed by atoms with E-state index in [9.17, 15) is 9.59 Å². The quantitative estimate of drug-likeness (QED) is 0.611. The lowest BCUT2D eigenvalue weighted by Crippen LogP contribution is -2.41. The molecule has 1 atom stereocenters. The number of imide groups is 1. The molecule has 148 valence electrons. The summed E-state index contributed by atoms with van der Waals surface area (Å²) in [5, 5.41) is 14.7. The summed E-state index contributed by atoms with van der Waals surface area (Å²) in [6.07, 6.45) is 0. The Balaban J connectivity index is 1.69. The monoisotopic (exact) mass is 454 g/mol. The van der Waals surface area contributed by atoms with Crippen LogP contribution in [0.4, 0.5) is 4.79 Å². The molecule has 2 heterocycles. The lowest BCUT2D eigenvalue weighted by molar-refractivity contribution is -0.131. The van der Waals surface area contributed by atoms with Crippen molar-refractivity contribution in [2.24, 2.45) is 0 Å². The fourth-order valence-corrected chi connectivity index (χ4v) is 4.33. The summed E-state index contributed by atoms with van der Waals surface area (Å²) in [4.78, 5) is 27.1. The smallest absolute Gasteiger partial charge is 0.319 e. The van der Waals surface area contributed by atoms with Crippen molar-refractivity contribution in [2.75, 3.05) is 0 Å². The van der Waals surface area contributed by atoms with Crippen LogP contribution in [0.1, 0.15) is 29.4 Å². The molecule has 0 spiro atoms. The molecule has 0 aliphatic carbocycles. The molecule has 0 saturated carbocycles. The molecular weight excluding hydrogens is 436 g/mol. The third-order valence-electron chi connectivity index (χ3n) is 5.17. The van der Waals surface area contributed by atoms with Crippen molar-refractivity contribution in [2.45, 2.75) is 32.9 Å². The highest BCUT2D eigenvalue weighted by Crippen LogP contribution is 2.34. The lowest BCUT2D eigenvalue weighted by atomic mass is 9.92. The fourth-order valence-electron chi connectivity index (χ4n) is 3.65. The first-order chi connectivity index (χ1) is 13.8. The summed E-state index contributed by atoms with van der Waals surface area (Å²) < 4.78 is 2.33. The topological polar surface area (TPSA) is 93.0 Å². The molecule has 0 bridgehead atoms. The van der Waals surface area contributed by atoms with Crippen LogP contribution in [0, 0.1) is 13.8 Å². The number of halogens is 1. The number of aromatic nitrogens is 4. The summed E-state index contributed by atoms with van der Waals surface area (Å²) in [7, 11) is 0. The first kappa shape index (κ1) is 19.3. The van der Waals surface area contributed by atoms with Crippen LogP contribution in [-0.4, -0.2) is 37.0 Å². The Bertz CT molecular complexity index is 1110. The van der Waals surface area contributed by atoms with Crippen molar-refractivity contribution in [3.63, 3.8) is 0 Å². The number of nitrogens with zero attached hydrogens (tertiary/aromatic N) is 5. The van der Waals surface area contributed by atoms with Gasteiger partial charge >= 0.3 is 6.03 Å². The van der Waals surface area contributed by atoms with Gasteiger partial charge in [-0.3, -0.25) is 9.69 Å². The van der Waals surface area contributed by atoms with Crippen molar-refractivity contribution in [1.82, 2.24) is 30.4 Å². The van der Waals surface area contributed by atoms with Crippen molar-refractivity contribution in [3.8, 4) is 5.69 Å². The highest BCUT2D eigenvalue weighted by molar-refractivity contribution is 9.10. The number of aryl methyl sites for hydroxylation is 2. The molecule has 3 amide bonds. The molecule has 8 nitrogen and oxygen atoms in total. The SMILES string of the molecule is Cc1cccc(C)c1-n1nnnc1CN1C(=O)NC(C)(c2ccccc2Br)C1=O. The standard InChI is InChI=1S/C20H19BrN6O2/c1-12-7-6-8-13(2)17(12)27-16(23-24-25-27)11-26-18(28)20(3,22-19(26)29)14-9-4-5-10-15(14)21/h4-10H,11H2,1-3H3,(H,22,29). The van der Waals surface area contributed by atoms with Gasteiger partial charge in [0.25, 0.3) is 5.91 Å². The van der Waals surface area contributed by atoms with E-state index in [2.05, 4.69) is 36.8 Å². The summed E-state index contributed by atoms with van der Waals surface area (Å²) in [5.74, 6) is 0.0488. The minimum Gasteiger partial charge on any atom is -0.319 e. The van der Waals surface area contributed by atoms with Gasteiger partial charge in [0.2, 0.25) is 0 Å². The van der Waals surface area contributed by atoms with Gasteiger partial charge < -0.3 is 5.32 Å². The van der Waals surface area contributed by atoms with Crippen LogP contribution in [0.2, 0.25) is 0 Å². The van der Waals surface area contributed by atoms with E-state index < -0.39 is 11.6 Å². The van der Waals surface area contributed by atoms with Gasteiger partial charge in [-0.2, -0.15) is 4.68 Å². The molecule has 0 radical (unpaired) electrons. The van der Waals surface area contributed by atoms with Gasteiger partial charge in [0.1, 0.15) is 5.54 Å². The number of rotatable bonds is 4. The predicted molar refractivity (Wildman–Crippen MR) is 109 cm³/mol. The van der Waals surface area contributed by atoms with E-state index in [4.69, 9.17) is 0 Å². The zero-order chi connectivity index (χ0) is 20.8. The molecule has 2 aromatic carbocycles. The zero-order valence-electron chi connectivity index (χ0n) is 16.2. The number of tetrazole rings is 1. The van der Waals surface area contributed by atoms with Crippen molar-refractivity contribution >= 4 is 27.9 Å². The first-order valence-electron chi connectivity index (χ1n) is 9.06. The van der Waals surface area contributed by atoms with E-state index in [0.29, 0.717) is 11.4 Å². The Morgan fingerprint density at radius 3 is 2.45 bits per heavy atom. The van der Waals surface area contributed by atoms with Crippen LogP contribution in [0.5, 0.6) is 0 Å². The third-order valence-corrected chi connectivity index (χ3v) is 5.86. The molecular formula is C20H19BrN6O2. The van der Waals surface area contributed by atoms with Gasteiger partial charge in [-0.05, 0) is 48.4 Å². The first-order valence-corrected chi connectivity index (χ1v) is 9.85. The Morgan fingerprint density at radius 1 is 1.07 bits per heavy atom. The van der Waals surface area contributed by atoms with E-state index in [1.54, 1.807) is 11.6 Å². The van der Waals surface area contributed by atoms with Crippen LogP contribution in [0.25, 0.3) is 5.69 Å². The Morgan fingerprint density at radius 2 is 1.76 bits per heavy atom. The molecule has 9 heteroatoms. The van der Waals surface area contributed by atoms with Gasteiger partial charge in [-0.25, -0.2) is 4.79 Å². The fraction of sp³-hybridized carbons (Fsp3) is 0.250. The van der Waals surface area contributed by atoms with Crippen LogP contribution in [0.15, 0.2) is 46.9 Å². The lowest BCUT2D eigenvalue weighted by Gasteiger charge is -2.23. The van der Waals surface area contributed by atoms with Crippen LogP contribution < -0.4 is 5.32 Å². The molecule has 1 N–H and O–H groups in total. The van der Waals surface area contributed by atoms with Crippen molar-refractivity contribution < 1.29 is 9.59 Å². The average Bonchev–Trinajstić information content (AvgIpc) is 3.21. The van der Waals surface area contributed by atoms with E-state index >= 15 is 0 Å². The highest BCUT2D eigenvalue weighted by Gasteiger charge is 2.50. The molecule has 1 aliphatic heterocycles. The number of para-hydroxylation sites is 1. The largest absolute Gasteiger partial charge is 0.325 e. The molecule has 1 aromatic heterocycles. The second kappa shape index (κ2) is 7.07. The number of hydrogen-bond acceptors (Lipinski definition) is 5. The van der Waals surface area contributed by atoms with E-state index in [1.807, 2.05) is 56.3 Å². The molecule has 4 rings (SSSR count). The van der Waals surface area contributed by atoms with Crippen molar-refractivity contribution in [3.05, 3.63) is 69.5 Å². The molecule has 29 heavy (non-hydrogen) atoms. The van der Waals surface area contributed by atoms with Gasteiger partial charge in [-0.1, -0.05) is 52.3 Å². The highest BCUT2D eigenvalue weighted by atomic mass is 79.9. The van der Waals surface area contributed by atoms with Gasteiger partial charge in [0.05, 0.1) is 12.2 Å². The normalized spacial score (nSPS) is 19.0. The van der Waals surface area contributed by atoms with Crippen LogP contribution in [-0.2, 0) is 16.9 Å². The van der Waals surface area contributed by atoms with Crippen LogP contribution in [0.3, 0.4) is 0 Å². The number of amides is 3. The minimum absolute atomic E-state index is 0.0362. The third kappa shape index (κ3) is 3.11. The number of benzene rings is 2. The average molecular weight is 455 g/mol. The number of urea groups is 1. The predicted octanol–water partition coefficient (Wildman–Crippen LogP) is 3.01. The van der Waals surface area contributed by atoms with Gasteiger partial charge in [0, 0.05) is 10.0 Å². The van der Waals surface area contributed by atoms with Gasteiger partial charge in [-0.15, -0.1) is 5.10 Å². The van der Waals surface area contributed by atoms with Crippen LogP contribution >= 0.6 is 15.9 Å². The second-order valence-electron chi connectivity index (χ2n) is 7.17. The number of carbonyl (C=O) groups excluding carboxylic acids is 2. The van der Waals surface area contributed by atoms with E-state index in [-0.39, 0.29) is 12.5 Å². The maximum atomic E-state index is 13.2. The Kier molecular flexibility index (Phi) is 4.70. The van der Waals surface area contributed by atoms with Gasteiger partial charge in [0.15, 0.2) is 5.82 Å². The summed E-state index contributed by atoms with van der Waals surface area (Å²) in [6.45, 7) is 5.59. The second-order valence-corrected chi connectivity index (χ2v) is 8.03. The summed E-state index contributed by atoms with van der Waals surface area (Å²) >= 11 is 3.47. The molecule has 1 aliphatic rings. The maximum absolute atomic E-state index is 13.2. The van der Waals surface area contributed by atoms with E-state index in [0.717, 1.165) is 26.2 Å². The Labute approximate surface area is 176 Å². The van der Waals surface area contributed by atoms with Crippen molar-refractivity contribution in [1.29, 1.82) is 0 Å². The number of carbonyl (C=O) groups is 2. The summed E-state index contributed by atoms with van der Waals surface area (Å²) in [5.41, 5.74) is 2.35. The Hall–Kier alpha value is -3.07. The summed E-state index contributed by atoms with van der Waals surface area (Å²) in [6, 6.07) is 12.7. The molecule has 1 saturated heterocycles. The molecule has 1 fully saturated rings. The molecule has 1 unspecified atom stereocenters.